The Labute approximate surface area is 160 Å². The topological polar surface area (TPSA) is 79.0 Å². The van der Waals surface area contributed by atoms with Crippen LogP contribution in [0.15, 0.2) is 48.5 Å². The molecule has 0 atom stereocenters. The molecule has 2 aromatic rings. The zero-order valence-electron chi connectivity index (χ0n) is 16.0. The van der Waals surface area contributed by atoms with E-state index >= 15 is 0 Å². The molecule has 7 nitrogen and oxygen atoms in total. The van der Waals surface area contributed by atoms with Crippen LogP contribution >= 0.6 is 0 Å². The molecule has 0 aliphatic rings. The zero-order valence-corrected chi connectivity index (χ0v) is 16.8. The lowest BCUT2D eigenvalue weighted by Crippen LogP contribution is -2.37. The van der Waals surface area contributed by atoms with Crippen LogP contribution in [0.5, 0.6) is 5.75 Å². The normalized spacial score (nSPS) is 11.3. The average molecular weight is 391 g/mol. The fourth-order valence-corrected chi connectivity index (χ4v) is 3.22. The number of ether oxygens (including phenoxy) is 1. The van der Waals surface area contributed by atoms with E-state index in [0.717, 1.165) is 19.9 Å². The van der Waals surface area contributed by atoms with Crippen molar-refractivity contribution in [3.63, 3.8) is 0 Å². The van der Waals surface area contributed by atoms with Gasteiger partial charge in [-0.15, -0.1) is 0 Å². The molecule has 0 aliphatic heterocycles. The highest BCUT2D eigenvalue weighted by Crippen LogP contribution is 2.18. The fourth-order valence-electron chi connectivity index (χ4n) is 2.34. The second-order valence-corrected chi connectivity index (χ2v) is 8.40. The van der Waals surface area contributed by atoms with E-state index in [2.05, 4.69) is 5.32 Å². The molecule has 8 heteroatoms. The van der Waals surface area contributed by atoms with Crippen LogP contribution in [-0.2, 0) is 10.2 Å². The first-order valence-corrected chi connectivity index (χ1v) is 9.85. The Bertz CT molecular complexity index is 880. The molecular weight excluding hydrogens is 366 g/mol. The maximum Gasteiger partial charge on any atom is 0.303 e. The minimum absolute atomic E-state index is 0.243. The monoisotopic (exact) mass is 391 g/mol. The summed E-state index contributed by atoms with van der Waals surface area (Å²) in [6.07, 6.45) is 0. The molecule has 0 fully saturated rings. The third-order valence-corrected chi connectivity index (χ3v) is 5.77. The first kappa shape index (κ1) is 20.7. The van der Waals surface area contributed by atoms with Crippen LogP contribution in [0.25, 0.3) is 0 Å². The van der Waals surface area contributed by atoms with Crippen molar-refractivity contribution < 1.29 is 17.9 Å². The lowest BCUT2D eigenvalue weighted by Gasteiger charge is -2.23. The molecule has 0 aromatic heterocycles. The van der Waals surface area contributed by atoms with E-state index in [4.69, 9.17) is 4.74 Å². The van der Waals surface area contributed by atoms with Crippen molar-refractivity contribution in [2.24, 2.45) is 0 Å². The Morgan fingerprint density at radius 2 is 1.74 bits per heavy atom. The van der Waals surface area contributed by atoms with E-state index in [1.165, 1.54) is 21.1 Å². The van der Waals surface area contributed by atoms with Crippen LogP contribution in [0.1, 0.15) is 15.9 Å². The van der Waals surface area contributed by atoms with Crippen molar-refractivity contribution in [1.82, 2.24) is 9.62 Å². The third kappa shape index (κ3) is 5.45. The highest BCUT2D eigenvalue weighted by Gasteiger charge is 2.20. The van der Waals surface area contributed by atoms with Gasteiger partial charge < -0.3 is 10.1 Å². The molecule has 0 spiro atoms. The Balaban J connectivity index is 1.88. The summed E-state index contributed by atoms with van der Waals surface area (Å²) in [5, 5.41) is 2.78. The predicted molar refractivity (Wildman–Crippen MR) is 106 cm³/mol. The number of hydrogen-bond acceptors (Lipinski definition) is 4. The van der Waals surface area contributed by atoms with Gasteiger partial charge in [0.25, 0.3) is 5.91 Å². The minimum Gasteiger partial charge on any atom is -0.492 e. The second-order valence-electron chi connectivity index (χ2n) is 6.23. The van der Waals surface area contributed by atoms with Crippen LogP contribution in [0.4, 0.5) is 5.69 Å². The van der Waals surface area contributed by atoms with Crippen molar-refractivity contribution in [1.29, 1.82) is 0 Å². The Morgan fingerprint density at radius 3 is 2.33 bits per heavy atom. The smallest absolute Gasteiger partial charge is 0.303 e. The molecule has 2 rings (SSSR count). The van der Waals surface area contributed by atoms with Gasteiger partial charge in [0.1, 0.15) is 12.4 Å². The average Bonchev–Trinajstić information content (AvgIpc) is 2.64. The molecule has 0 bridgehead atoms. The molecule has 2 aromatic carbocycles. The van der Waals surface area contributed by atoms with Crippen LogP contribution < -0.4 is 14.4 Å². The van der Waals surface area contributed by atoms with E-state index in [0.29, 0.717) is 24.4 Å². The highest BCUT2D eigenvalue weighted by molar-refractivity contribution is 7.90. The van der Waals surface area contributed by atoms with Crippen molar-refractivity contribution in [2.75, 3.05) is 38.6 Å². The predicted octanol–water partition coefficient (Wildman–Crippen LogP) is 2.05. The Kier molecular flexibility index (Phi) is 6.81. The third-order valence-electron chi connectivity index (χ3n) is 3.95. The first-order chi connectivity index (χ1) is 12.7. The van der Waals surface area contributed by atoms with Gasteiger partial charge in [-0.2, -0.15) is 12.7 Å². The first-order valence-electron chi connectivity index (χ1n) is 8.46. The molecule has 27 heavy (non-hydrogen) atoms. The molecule has 0 radical (unpaired) electrons. The summed E-state index contributed by atoms with van der Waals surface area (Å²) in [7, 11) is 0.834. The number of rotatable bonds is 8. The van der Waals surface area contributed by atoms with Crippen molar-refractivity contribution >= 4 is 21.8 Å². The molecule has 1 N–H and O–H groups in total. The number of aryl methyl sites for hydroxylation is 1. The molecule has 0 saturated carbocycles. The number of nitrogens with zero attached hydrogens (tertiary/aromatic N) is 2. The lowest BCUT2D eigenvalue weighted by atomic mass is 10.2. The zero-order chi connectivity index (χ0) is 20.0. The van der Waals surface area contributed by atoms with E-state index in [-0.39, 0.29) is 5.91 Å². The lowest BCUT2D eigenvalue weighted by molar-refractivity contribution is 0.0947. The van der Waals surface area contributed by atoms with E-state index in [1.54, 1.807) is 24.3 Å². The molecular formula is C19H25N3O4S. The van der Waals surface area contributed by atoms with Crippen LogP contribution in [0, 0.1) is 6.92 Å². The SMILES string of the molecule is Cc1cccc(OCCNC(=O)c2ccc(N(C)S(=O)(=O)N(C)C)cc2)c1. The van der Waals surface area contributed by atoms with Gasteiger partial charge in [-0.05, 0) is 48.9 Å². The standard InChI is InChI=1S/C19H25N3O4S/c1-15-6-5-7-18(14-15)26-13-12-20-19(23)16-8-10-17(11-9-16)22(4)27(24,25)21(2)3/h5-11,14H,12-13H2,1-4H3,(H,20,23). The molecule has 0 saturated heterocycles. The van der Waals surface area contributed by atoms with E-state index in [9.17, 15) is 13.2 Å². The number of amides is 1. The minimum atomic E-state index is -3.56. The molecule has 0 heterocycles. The quantitative estimate of drug-likeness (QED) is 0.699. The molecule has 0 aliphatic carbocycles. The molecule has 1 amide bonds. The molecule has 0 unspecified atom stereocenters. The van der Waals surface area contributed by atoms with Gasteiger partial charge in [0.05, 0.1) is 12.2 Å². The Hall–Kier alpha value is -2.58. The van der Waals surface area contributed by atoms with Gasteiger partial charge >= 0.3 is 10.2 Å². The number of hydrogen-bond donors (Lipinski definition) is 1. The summed E-state index contributed by atoms with van der Waals surface area (Å²) in [6, 6.07) is 14.1. The maximum absolute atomic E-state index is 12.2. The summed E-state index contributed by atoms with van der Waals surface area (Å²) in [5.41, 5.74) is 2.03. The second kappa shape index (κ2) is 8.88. The summed E-state index contributed by atoms with van der Waals surface area (Å²) < 4.78 is 32.1. The van der Waals surface area contributed by atoms with E-state index in [1.807, 2.05) is 31.2 Å². The van der Waals surface area contributed by atoms with Crippen LogP contribution in [-0.4, -0.2) is 52.9 Å². The van der Waals surface area contributed by atoms with Gasteiger partial charge in [-0.1, -0.05) is 12.1 Å². The number of benzene rings is 2. The van der Waals surface area contributed by atoms with Gasteiger partial charge in [-0.3, -0.25) is 9.10 Å². The van der Waals surface area contributed by atoms with E-state index < -0.39 is 10.2 Å². The van der Waals surface area contributed by atoms with Crippen LogP contribution in [0.2, 0.25) is 0 Å². The van der Waals surface area contributed by atoms with Gasteiger partial charge in [0.15, 0.2) is 0 Å². The van der Waals surface area contributed by atoms with Gasteiger partial charge in [-0.25, -0.2) is 0 Å². The number of carbonyl (C=O) groups excluding carboxylic acids is 1. The Morgan fingerprint density at radius 1 is 1.07 bits per heavy atom. The van der Waals surface area contributed by atoms with Crippen molar-refractivity contribution in [2.45, 2.75) is 6.92 Å². The summed E-state index contributed by atoms with van der Waals surface area (Å²) in [5.74, 6) is 0.520. The number of nitrogens with one attached hydrogen (secondary N) is 1. The van der Waals surface area contributed by atoms with Gasteiger partial charge in [0.2, 0.25) is 0 Å². The highest BCUT2D eigenvalue weighted by atomic mass is 32.2. The van der Waals surface area contributed by atoms with Crippen molar-refractivity contribution in [3.8, 4) is 5.75 Å². The van der Waals surface area contributed by atoms with Crippen molar-refractivity contribution in [3.05, 3.63) is 59.7 Å². The number of anilines is 1. The summed E-state index contributed by atoms with van der Waals surface area (Å²) >= 11 is 0. The van der Waals surface area contributed by atoms with Crippen LogP contribution in [0.3, 0.4) is 0 Å². The molecule has 146 valence electrons. The largest absolute Gasteiger partial charge is 0.492 e. The summed E-state index contributed by atoms with van der Waals surface area (Å²) in [4.78, 5) is 12.2. The fraction of sp³-hybridized carbons (Fsp3) is 0.316. The summed E-state index contributed by atoms with van der Waals surface area (Å²) in [6.45, 7) is 2.71. The maximum atomic E-state index is 12.2. The number of carbonyl (C=O) groups is 1. The van der Waals surface area contributed by atoms with Gasteiger partial charge in [0, 0.05) is 26.7 Å².